The minimum absolute atomic E-state index is 0.104. The first kappa shape index (κ1) is 23.1. The summed E-state index contributed by atoms with van der Waals surface area (Å²) in [6.07, 6.45) is 8.64. The molecule has 3 aromatic rings. The van der Waals surface area contributed by atoms with E-state index in [9.17, 15) is 4.79 Å². The lowest BCUT2D eigenvalue weighted by Gasteiger charge is -2.39. The van der Waals surface area contributed by atoms with Crippen molar-refractivity contribution in [2.75, 3.05) is 6.54 Å². The molecule has 1 saturated heterocycles. The molecule has 0 radical (unpaired) electrons. The lowest BCUT2D eigenvalue weighted by molar-refractivity contribution is 0.101. The number of benzene rings is 1. The van der Waals surface area contributed by atoms with Crippen LogP contribution in [-0.4, -0.2) is 43.9 Å². The third kappa shape index (κ3) is 5.14. The average Bonchev–Trinajstić information content (AvgIpc) is 2.81. The molecule has 3 heterocycles. The summed E-state index contributed by atoms with van der Waals surface area (Å²) >= 11 is 0. The molecule has 174 valence electrons. The normalized spacial score (nSPS) is 19.1. The van der Waals surface area contributed by atoms with Gasteiger partial charge in [0.05, 0.1) is 11.1 Å². The van der Waals surface area contributed by atoms with Crippen LogP contribution < -0.4 is 11.3 Å². The second-order valence-corrected chi connectivity index (χ2v) is 9.18. The summed E-state index contributed by atoms with van der Waals surface area (Å²) in [5.41, 5.74) is 7.17. The fourth-order valence-corrected chi connectivity index (χ4v) is 5.00. The smallest absolute Gasteiger partial charge is 0.262 e. The van der Waals surface area contributed by atoms with E-state index in [-0.39, 0.29) is 11.4 Å². The number of rotatable bonds is 8. The summed E-state index contributed by atoms with van der Waals surface area (Å²) < 4.78 is 1.85. The van der Waals surface area contributed by atoms with Gasteiger partial charge in [-0.15, -0.1) is 0 Å². The van der Waals surface area contributed by atoms with Crippen molar-refractivity contribution in [2.45, 2.75) is 71.0 Å². The zero-order valence-corrected chi connectivity index (χ0v) is 19.6. The number of hydrogen-bond donors (Lipinski definition) is 2. The number of piperidine rings is 1. The van der Waals surface area contributed by atoms with Crippen LogP contribution in [0.25, 0.3) is 22.3 Å². The number of pyridine rings is 1. The molecule has 4 rings (SSSR count). The highest BCUT2D eigenvalue weighted by molar-refractivity contribution is 5.93. The van der Waals surface area contributed by atoms with Gasteiger partial charge in [-0.1, -0.05) is 31.0 Å². The van der Waals surface area contributed by atoms with Crippen LogP contribution in [0.5, 0.6) is 0 Å². The van der Waals surface area contributed by atoms with Crippen molar-refractivity contribution in [1.29, 1.82) is 5.41 Å². The van der Waals surface area contributed by atoms with E-state index in [0.717, 1.165) is 36.7 Å². The third-order valence-corrected chi connectivity index (χ3v) is 6.85. The largest absolute Gasteiger partial charge is 0.382 e. The number of hydrogen-bond acceptors (Lipinski definition) is 5. The third-order valence-electron chi connectivity index (χ3n) is 6.85. The number of nitrogens with two attached hydrogens (primary N) is 1. The molecule has 0 aliphatic carbocycles. The number of nitrogens with one attached hydrogen (secondary N) is 1. The summed E-state index contributed by atoms with van der Waals surface area (Å²) in [4.78, 5) is 24.7. The Morgan fingerprint density at radius 3 is 2.58 bits per heavy atom. The SMILES string of the molecule is C[C@@H]1CCC[C@H](C)N1CCCCCn1c(=O)c(-c2nccc(C(=N)N)n2)cc2ccccc21. The van der Waals surface area contributed by atoms with Crippen LogP contribution >= 0.6 is 0 Å². The number of para-hydroxylation sites is 1. The highest BCUT2D eigenvalue weighted by Crippen LogP contribution is 2.23. The molecule has 0 spiro atoms. The Balaban J connectivity index is 1.52. The van der Waals surface area contributed by atoms with E-state index in [0.29, 0.717) is 35.7 Å². The Kier molecular flexibility index (Phi) is 7.18. The minimum Gasteiger partial charge on any atom is -0.382 e. The number of likely N-dealkylation sites (tertiary alicyclic amines) is 1. The lowest BCUT2D eigenvalue weighted by Crippen LogP contribution is -2.44. The van der Waals surface area contributed by atoms with Gasteiger partial charge >= 0.3 is 0 Å². The van der Waals surface area contributed by atoms with Gasteiger partial charge in [-0.2, -0.15) is 0 Å². The minimum atomic E-state index is -0.142. The molecule has 2 atom stereocenters. The second kappa shape index (κ2) is 10.3. The Morgan fingerprint density at radius 2 is 1.82 bits per heavy atom. The first-order chi connectivity index (χ1) is 16.0. The average molecular weight is 447 g/mol. The van der Waals surface area contributed by atoms with Crippen LogP contribution in [0.15, 0.2) is 47.4 Å². The zero-order chi connectivity index (χ0) is 23.4. The first-order valence-electron chi connectivity index (χ1n) is 12.0. The van der Waals surface area contributed by atoms with Crippen molar-refractivity contribution in [1.82, 2.24) is 19.4 Å². The van der Waals surface area contributed by atoms with Crippen molar-refractivity contribution >= 4 is 16.7 Å². The molecule has 1 aliphatic rings. The molecule has 0 amide bonds. The Labute approximate surface area is 195 Å². The zero-order valence-electron chi connectivity index (χ0n) is 19.6. The number of aryl methyl sites for hydroxylation is 1. The van der Waals surface area contributed by atoms with Gasteiger partial charge in [0.2, 0.25) is 0 Å². The number of nitrogen functional groups attached to an aromatic ring is 1. The molecule has 33 heavy (non-hydrogen) atoms. The summed E-state index contributed by atoms with van der Waals surface area (Å²) in [6.45, 7) is 6.47. The quantitative estimate of drug-likeness (QED) is 0.307. The van der Waals surface area contributed by atoms with Crippen LogP contribution in [-0.2, 0) is 6.54 Å². The standard InChI is InChI=1S/C26H34N6O/c1-18-9-8-10-19(2)31(18)15-6-3-7-16-32-23-12-5-4-11-20(23)17-21(26(32)33)25-29-14-13-22(30-25)24(27)28/h4-5,11-14,17-19H,3,6-10,15-16H2,1-2H3,(H3,27,28)/t18-,19+. The van der Waals surface area contributed by atoms with Gasteiger partial charge < -0.3 is 10.3 Å². The van der Waals surface area contributed by atoms with E-state index in [1.54, 1.807) is 12.3 Å². The predicted octanol–water partition coefficient (Wildman–Crippen LogP) is 4.18. The molecule has 1 aromatic carbocycles. The fraction of sp³-hybridized carbons (Fsp3) is 0.462. The summed E-state index contributed by atoms with van der Waals surface area (Å²) in [5.74, 6) is 0.164. The van der Waals surface area contributed by atoms with Gasteiger partial charge in [0.1, 0.15) is 11.5 Å². The van der Waals surface area contributed by atoms with Crippen LogP contribution in [0.2, 0.25) is 0 Å². The summed E-state index contributed by atoms with van der Waals surface area (Å²) in [5, 5.41) is 8.62. The highest BCUT2D eigenvalue weighted by atomic mass is 16.1. The molecule has 0 unspecified atom stereocenters. The molecular weight excluding hydrogens is 412 g/mol. The van der Waals surface area contributed by atoms with Gasteiger partial charge in [0.15, 0.2) is 5.82 Å². The van der Waals surface area contributed by atoms with Gasteiger partial charge in [0.25, 0.3) is 5.56 Å². The van der Waals surface area contributed by atoms with E-state index in [4.69, 9.17) is 11.1 Å². The van der Waals surface area contributed by atoms with Crippen molar-refractivity contribution in [3.63, 3.8) is 0 Å². The van der Waals surface area contributed by atoms with Crippen LogP contribution in [0.1, 0.15) is 58.1 Å². The second-order valence-electron chi connectivity index (χ2n) is 9.18. The summed E-state index contributed by atoms with van der Waals surface area (Å²) in [7, 11) is 0. The molecule has 1 fully saturated rings. The van der Waals surface area contributed by atoms with Gasteiger partial charge in [0, 0.05) is 24.8 Å². The number of aromatic nitrogens is 3. The topological polar surface area (TPSA) is 101 Å². The van der Waals surface area contributed by atoms with E-state index in [1.807, 2.05) is 34.9 Å². The number of nitrogens with zero attached hydrogens (tertiary/aromatic N) is 4. The number of fused-ring (bicyclic) bond motifs is 1. The lowest BCUT2D eigenvalue weighted by atomic mass is 9.97. The van der Waals surface area contributed by atoms with Crippen molar-refractivity contribution in [2.24, 2.45) is 5.73 Å². The monoisotopic (exact) mass is 446 g/mol. The molecule has 0 saturated carbocycles. The maximum Gasteiger partial charge on any atom is 0.262 e. The molecule has 3 N–H and O–H groups in total. The van der Waals surface area contributed by atoms with E-state index < -0.39 is 0 Å². The van der Waals surface area contributed by atoms with Crippen LogP contribution in [0, 0.1) is 5.41 Å². The fourth-order valence-electron chi connectivity index (χ4n) is 5.00. The molecule has 1 aliphatic heterocycles. The molecular formula is C26H34N6O. The summed E-state index contributed by atoms with van der Waals surface area (Å²) in [6, 6.07) is 12.7. The maximum atomic E-state index is 13.5. The van der Waals surface area contributed by atoms with Crippen molar-refractivity contribution in [3.8, 4) is 11.4 Å². The van der Waals surface area contributed by atoms with E-state index in [1.165, 1.54) is 19.3 Å². The molecule has 7 nitrogen and oxygen atoms in total. The first-order valence-corrected chi connectivity index (χ1v) is 12.0. The van der Waals surface area contributed by atoms with E-state index in [2.05, 4.69) is 28.7 Å². The van der Waals surface area contributed by atoms with Crippen molar-refractivity contribution in [3.05, 3.63) is 58.6 Å². The Morgan fingerprint density at radius 1 is 1.09 bits per heavy atom. The number of unbranched alkanes of at least 4 members (excludes halogenated alkanes) is 2. The van der Waals surface area contributed by atoms with Crippen LogP contribution in [0.3, 0.4) is 0 Å². The molecule has 7 heteroatoms. The molecule has 0 bridgehead atoms. The van der Waals surface area contributed by atoms with Crippen molar-refractivity contribution < 1.29 is 0 Å². The molecule has 2 aromatic heterocycles. The Hall–Kier alpha value is -3.06. The van der Waals surface area contributed by atoms with Crippen LogP contribution in [0.4, 0.5) is 0 Å². The maximum absolute atomic E-state index is 13.5. The van der Waals surface area contributed by atoms with E-state index >= 15 is 0 Å². The van der Waals surface area contributed by atoms with Gasteiger partial charge in [-0.3, -0.25) is 15.1 Å². The highest BCUT2D eigenvalue weighted by Gasteiger charge is 2.23. The van der Waals surface area contributed by atoms with Gasteiger partial charge in [-0.05, 0) is 69.7 Å². The number of amidine groups is 1. The predicted molar refractivity (Wildman–Crippen MR) is 134 cm³/mol. The Bertz CT molecular complexity index is 1180. The van der Waals surface area contributed by atoms with Gasteiger partial charge in [-0.25, -0.2) is 9.97 Å².